The van der Waals surface area contributed by atoms with Gasteiger partial charge in [0.2, 0.25) is 0 Å². The third kappa shape index (κ3) is 2.02. The number of benzene rings is 1. The molecular weight excluding hydrogens is 256 g/mol. The molecule has 1 aromatic rings. The quantitative estimate of drug-likeness (QED) is 0.658. The minimum absolute atomic E-state index is 0.112. The molecular formula is C20H24O. The summed E-state index contributed by atoms with van der Waals surface area (Å²) < 4.78 is 0. The van der Waals surface area contributed by atoms with E-state index in [1.807, 2.05) is 6.07 Å². The highest BCUT2D eigenvalue weighted by atomic mass is 16.1. The van der Waals surface area contributed by atoms with E-state index in [1.54, 1.807) is 0 Å². The fourth-order valence-electron chi connectivity index (χ4n) is 4.42. The number of fused-ring (bicyclic) bond motifs is 2. The Labute approximate surface area is 127 Å². The van der Waals surface area contributed by atoms with Crippen molar-refractivity contribution in [2.45, 2.75) is 46.5 Å². The molecule has 110 valence electrons. The van der Waals surface area contributed by atoms with E-state index in [-0.39, 0.29) is 17.3 Å². The molecule has 1 saturated carbocycles. The van der Waals surface area contributed by atoms with Gasteiger partial charge in [0.05, 0.1) is 5.41 Å². The van der Waals surface area contributed by atoms with Gasteiger partial charge in [-0.2, -0.15) is 0 Å². The Kier molecular flexibility index (Phi) is 3.39. The van der Waals surface area contributed by atoms with Crippen LogP contribution in [0.25, 0.3) is 0 Å². The van der Waals surface area contributed by atoms with E-state index in [4.69, 9.17) is 0 Å². The first kappa shape index (κ1) is 14.3. The van der Waals surface area contributed by atoms with Crippen LogP contribution in [0, 0.1) is 11.3 Å². The van der Waals surface area contributed by atoms with E-state index in [2.05, 4.69) is 58.0 Å². The van der Waals surface area contributed by atoms with Crippen LogP contribution in [0.5, 0.6) is 0 Å². The van der Waals surface area contributed by atoms with Crippen LogP contribution < -0.4 is 0 Å². The van der Waals surface area contributed by atoms with Crippen LogP contribution in [-0.2, 0) is 4.79 Å². The second kappa shape index (κ2) is 4.98. The number of ketones is 1. The maximum absolute atomic E-state index is 13.1. The molecule has 0 aromatic heterocycles. The zero-order valence-corrected chi connectivity index (χ0v) is 13.4. The van der Waals surface area contributed by atoms with Crippen molar-refractivity contribution in [3.05, 3.63) is 58.7 Å². The molecule has 21 heavy (non-hydrogen) atoms. The molecule has 0 spiro atoms. The molecule has 0 N–H and O–H groups in total. The van der Waals surface area contributed by atoms with E-state index in [1.165, 1.54) is 22.3 Å². The predicted molar refractivity (Wildman–Crippen MR) is 87.2 cm³/mol. The summed E-state index contributed by atoms with van der Waals surface area (Å²) >= 11 is 0. The van der Waals surface area contributed by atoms with E-state index in [0.29, 0.717) is 5.78 Å². The summed E-state index contributed by atoms with van der Waals surface area (Å²) in [6.45, 7) is 8.64. The first-order chi connectivity index (χ1) is 9.99. The summed E-state index contributed by atoms with van der Waals surface area (Å²) in [6.07, 6.45) is 4.00. The number of hydrogen-bond acceptors (Lipinski definition) is 1. The minimum Gasteiger partial charge on any atom is -0.298 e. The summed E-state index contributed by atoms with van der Waals surface area (Å²) in [5, 5.41) is 0. The Morgan fingerprint density at radius 1 is 1.14 bits per heavy atom. The lowest BCUT2D eigenvalue weighted by molar-refractivity contribution is -0.127. The van der Waals surface area contributed by atoms with Gasteiger partial charge in [-0.25, -0.2) is 0 Å². The van der Waals surface area contributed by atoms with Crippen LogP contribution in [0.4, 0.5) is 0 Å². The molecule has 1 heteroatoms. The maximum Gasteiger partial charge on any atom is 0.147 e. The van der Waals surface area contributed by atoms with E-state index >= 15 is 0 Å². The molecule has 0 saturated heterocycles. The molecule has 2 aliphatic carbocycles. The van der Waals surface area contributed by atoms with Crippen LogP contribution in [0.2, 0.25) is 0 Å². The number of rotatable bonds is 1. The van der Waals surface area contributed by atoms with Gasteiger partial charge < -0.3 is 0 Å². The predicted octanol–water partition coefficient (Wildman–Crippen LogP) is 5.05. The minimum atomic E-state index is -0.304. The van der Waals surface area contributed by atoms with Crippen molar-refractivity contribution in [1.29, 1.82) is 0 Å². The zero-order valence-electron chi connectivity index (χ0n) is 13.4. The smallest absolute Gasteiger partial charge is 0.147 e. The second-order valence-electron chi connectivity index (χ2n) is 6.88. The molecule has 3 rings (SSSR count). The van der Waals surface area contributed by atoms with Crippen LogP contribution in [-0.4, -0.2) is 5.78 Å². The van der Waals surface area contributed by atoms with Gasteiger partial charge in [0, 0.05) is 11.8 Å². The number of carbonyl (C=O) groups excluding carboxylic acids is 1. The Bertz CT molecular complexity index is 635. The molecule has 2 bridgehead atoms. The molecule has 0 amide bonds. The lowest BCUT2D eigenvalue weighted by Crippen LogP contribution is -2.25. The van der Waals surface area contributed by atoms with Crippen LogP contribution in [0.3, 0.4) is 0 Å². The monoisotopic (exact) mass is 280 g/mol. The summed E-state index contributed by atoms with van der Waals surface area (Å²) in [5.41, 5.74) is 5.13. The van der Waals surface area contributed by atoms with Crippen molar-refractivity contribution in [3.8, 4) is 0 Å². The molecule has 0 aliphatic heterocycles. The van der Waals surface area contributed by atoms with Gasteiger partial charge in [0.25, 0.3) is 0 Å². The summed E-state index contributed by atoms with van der Waals surface area (Å²) in [4.78, 5) is 13.1. The lowest BCUT2D eigenvalue weighted by atomic mass is 9.74. The Morgan fingerprint density at radius 3 is 2.43 bits per heavy atom. The summed E-state index contributed by atoms with van der Waals surface area (Å²) in [7, 11) is 0. The molecule has 1 aromatic carbocycles. The van der Waals surface area contributed by atoms with E-state index < -0.39 is 0 Å². The molecule has 1 unspecified atom stereocenters. The van der Waals surface area contributed by atoms with Gasteiger partial charge in [-0.05, 0) is 46.1 Å². The van der Waals surface area contributed by atoms with Gasteiger partial charge in [0.1, 0.15) is 5.78 Å². The lowest BCUT2D eigenvalue weighted by Gasteiger charge is -2.28. The largest absolute Gasteiger partial charge is 0.298 e. The van der Waals surface area contributed by atoms with Gasteiger partial charge in [-0.3, -0.25) is 4.79 Å². The van der Waals surface area contributed by atoms with Crippen LogP contribution in [0.1, 0.15) is 52.0 Å². The number of allylic oxidation sites excluding steroid dienone is 4. The fraction of sp³-hybridized carbons (Fsp3) is 0.450. The highest BCUT2D eigenvalue weighted by Crippen LogP contribution is 2.58. The Hall–Kier alpha value is -1.63. The van der Waals surface area contributed by atoms with Crippen molar-refractivity contribution in [2.75, 3.05) is 0 Å². The Balaban J connectivity index is 2.18. The highest BCUT2D eigenvalue weighted by Gasteiger charge is 2.54. The molecule has 1 fully saturated rings. The van der Waals surface area contributed by atoms with E-state index in [0.717, 1.165) is 12.8 Å². The molecule has 3 atom stereocenters. The molecule has 1 nitrogen and oxygen atoms in total. The number of Topliss-reactive ketones (excluding diaryl/α,β-unsaturated/α-hetero) is 1. The fourth-order valence-corrected chi connectivity index (χ4v) is 4.42. The normalized spacial score (nSPS) is 34.5. The molecule has 2 aliphatic rings. The topological polar surface area (TPSA) is 17.1 Å². The summed E-state index contributed by atoms with van der Waals surface area (Å²) in [6, 6.07) is 10.6. The van der Waals surface area contributed by atoms with Crippen molar-refractivity contribution in [1.82, 2.24) is 0 Å². The van der Waals surface area contributed by atoms with Crippen molar-refractivity contribution in [3.63, 3.8) is 0 Å². The Morgan fingerprint density at radius 2 is 1.81 bits per heavy atom. The van der Waals surface area contributed by atoms with Crippen LogP contribution >= 0.6 is 0 Å². The highest BCUT2D eigenvalue weighted by molar-refractivity contribution is 5.96. The number of carbonyl (C=O) groups is 1. The SMILES string of the molecule is C/C=C1\[C@@H](c2ccccc2)C2CC(C)=C(C)C[C@@]1(C)C2=O. The molecule has 0 heterocycles. The third-order valence-electron chi connectivity index (χ3n) is 5.60. The standard InChI is InChI=1S/C20H24O/c1-5-17-18(15-9-7-6-8-10-15)16-11-13(2)14(3)12-20(17,4)19(16)21/h5-10,16,18H,11-12H2,1-4H3/b17-5+/t16?,18-,20+/m0/s1. The van der Waals surface area contributed by atoms with Gasteiger partial charge >= 0.3 is 0 Å². The van der Waals surface area contributed by atoms with Crippen molar-refractivity contribution in [2.24, 2.45) is 11.3 Å². The average Bonchev–Trinajstić information content (AvgIpc) is 2.63. The second-order valence-corrected chi connectivity index (χ2v) is 6.88. The zero-order chi connectivity index (χ0) is 15.2. The number of hydrogen-bond donors (Lipinski definition) is 0. The third-order valence-corrected chi connectivity index (χ3v) is 5.60. The first-order valence-corrected chi connectivity index (χ1v) is 7.90. The van der Waals surface area contributed by atoms with Gasteiger partial charge in [0.15, 0.2) is 0 Å². The molecule has 0 radical (unpaired) electrons. The van der Waals surface area contributed by atoms with Crippen molar-refractivity contribution < 1.29 is 4.79 Å². The van der Waals surface area contributed by atoms with E-state index in [9.17, 15) is 4.79 Å². The average molecular weight is 280 g/mol. The summed E-state index contributed by atoms with van der Waals surface area (Å²) in [5.74, 6) is 0.818. The maximum atomic E-state index is 13.1. The van der Waals surface area contributed by atoms with Gasteiger partial charge in [-0.15, -0.1) is 0 Å². The van der Waals surface area contributed by atoms with Crippen LogP contribution in [0.15, 0.2) is 53.1 Å². The first-order valence-electron chi connectivity index (χ1n) is 7.90. The van der Waals surface area contributed by atoms with Crippen molar-refractivity contribution >= 4 is 5.78 Å². The van der Waals surface area contributed by atoms with Gasteiger partial charge in [-0.1, -0.05) is 53.1 Å².